The molecular weight excluding hydrogens is 377 g/mol. The van der Waals surface area contributed by atoms with Gasteiger partial charge in [0.05, 0.1) is 17.9 Å². The Balaban J connectivity index is 1.72. The number of nitrogens with zero attached hydrogens (tertiary/aromatic N) is 3. The average molecular weight is 396 g/mol. The Kier molecular flexibility index (Phi) is 5.30. The number of hydrogen-bond donors (Lipinski definition) is 2. The van der Waals surface area contributed by atoms with Gasteiger partial charge in [0.1, 0.15) is 5.82 Å². The summed E-state index contributed by atoms with van der Waals surface area (Å²) < 4.78 is 41.1. The summed E-state index contributed by atoms with van der Waals surface area (Å²) in [5.74, 6) is -4.82. The molecule has 2 heterocycles. The number of nitrogens with one attached hydrogen (secondary N) is 1. The highest BCUT2D eigenvalue weighted by Gasteiger charge is 2.53. The van der Waals surface area contributed by atoms with E-state index in [2.05, 4.69) is 10.3 Å². The molecule has 0 radical (unpaired) electrons. The standard InChI is InChI=1S/C18H19F3N4O3/c1-11(15-22-7-8-25(15)12-5-3-2-4-6-12)23-17(28)24-9-13(16(26)27)14(10-24)18(19,20)21/h2-8,11,13-14H,9-10H2,1H3,(H,23,28)(H,26,27)/t11?,13-,14-/m1/s1. The minimum atomic E-state index is -4.69. The summed E-state index contributed by atoms with van der Waals surface area (Å²) in [6.07, 6.45) is -1.42. The van der Waals surface area contributed by atoms with Crippen molar-refractivity contribution in [2.75, 3.05) is 13.1 Å². The Morgan fingerprint density at radius 1 is 1.25 bits per heavy atom. The number of carboxylic acid groups (broad SMARTS) is 1. The molecule has 2 amide bonds. The first kappa shape index (κ1) is 19.7. The van der Waals surface area contributed by atoms with Gasteiger partial charge < -0.3 is 19.9 Å². The number of likely N-dealkylation sites (tertiary alicyclic amines) is 1. The van der Waals surface area contributed by atoms with Crippen molar-refractivity contribution < 1.29 is 27.9 Å². The van der Waals surface area contributed by atoms with E-state index < -0.39 is 49.1 Å². The number of aromatic nitrogens is 2. The molecule has 7 nitrogen and oxygen atoms in total. The van der Waals surface area contributed by atoms with E-state index in [9.17, 15) is 22.8 Å². The van der Waals surface area contributed by atoms with Crippen LogP contribution >= 0.6 is 0 Å². The van der Waals surface area contributed by atoms with Crippen LogP contribution in [0.25, 0.3) is 5.69 Å². The Morgan fingerprint density at radius 3 is 2.50 bits per heavy atom. The molecule has 150 valence electrons. The smallest absolute Gasteiger partial charge is 0.394 e. The van der Waals surface area contributed by atoms with Crippen LogP contribution in [0.3, 0.4) is 0 Å². The first-order chi connectivity index (χ1) is 13.2. The minimum Gasteiger partial charge on any atom is -0.481 e. The largest absolute Gasteiger partial charge is 0.481 e. The van der Waals surface area contributed by atoms with Gasteiger partial charge in [0.2, 0.25) is 0 Å². The molecule has 0 saturated carbocycles. The van der Waals surface area contributed by atoms with Gasteiger partial charge in [-0.15, -0.1) is 0 Å². The lowest BCUT2D eigenvalue weighted by Gasteiger charge is -2.22. The van der Waals surface area contributed by atoms with Crippen molar-refractivity contribution in [1.29, 1.82) is 0 Å². The van der Waals surface area contributed by atoms with Crippen molar-refractivity contribution in [2.24, 2.45) is 11.8 Å². The van der Waals surface area contributed by atoms with E-state index in [1.165, 1.54) is 0 Å². The molecule has 28 heavy (non-hydrogen) atoms. The van der Waals surface area contributed by atoms with Crippen molar-refractivity contribution in [3.63, 3.8) is 0 Å². The quantitative estimate of drug-likeness (QED) is 0.832. The third-order valence-corrected chi connectivity index (χ3v) is 4.78. The highest BCUT2D eigenvalue weighted by Crippen LogP contribution is 2.37. The maximum atomic E-state index is 13.1. The second-order valence-electron chi connectivity index (χ2n) is 6.66. The number of amides is 2. The minimum absolute atomic E-state index is 0.495. The topological polar surface area (TPSA) is 87.5 Å². The number of urea groups is 1. The number of benzene rings is 1. The Labute approximate surface area is 158 Å². The fourth-order valence-electron chi connectivity index (χ4n) is 3.33. The van der Waals surface area contributed by atoms with Crippen LogP contribution in [-0.4, -0.2) is 50.8 Å². The fourth-order valence-corrected chi connectivity index (χ4v) is 3.33. The lowest BCUT2D eigenvalue weighted by molar-refractivity contribution is -0.187. The first-order valence-corrected chi connectivity index (χ1v) is 8.62. The number of carboxylic acids is 1. The zero-order valence-corrected chi connectivity index (χ0v) is 14.9. The molecule has 1 fully saturated rings. The lowest BCUT2D eigenvalue weighted by Crippen LogP contribution is -2.41. The lowest BCUT2D eigenvalue weighted by atomic mass is 9.96. The van der Waals surface area contributed by atoms with Crippen molar-refractivity contribution in [3.8, 4) is 5.69 Å². The number of alkyl halides is 3. The van der Waals surface area contributed by atoms with Gasteiger partial charge in [0, 0.05) is 31.2 Å². The van der Waals surface area contributed by atoms with E-state index >= 15 is 0 Å². The number of halogens is 3. The third-order valence-electron chi connectivity index (χ3n) is 4.78. The molecule has 0 bridgehead atoms. The molecule has 1 saturated heterocycles. The number of para-hydroxylation sites is 1. The van der Waals surface area contributed by atoms with Crippen molar-refractivity contribution in [3.05, 3.63) is 48.5 Å². The molecule has 2 N–H and O–H groups in total. The van der Waals surface area contributed by atoms with E-state index in [0.29, 0.717) is 5.82 Å². The number of carbonyl (C=O) groups is 2. The van der Waals surface area contributed by atoms with Crippen LogP contribution in [0, 0.1) is 11.8 Å². The molecule has 0 aliphatic carbocycles. The SMILES string of the molecule is CC(NC(=O)N1C[C@@H](C(F)(F)F)[C@H](C(=O)O)C1)c1nccn1-c1ccccc1. The van der Waals surface area contributed by atoms with Gasteiger partial charge in [-0.1, -0.05) is 18.2 Å². The number of imidazole rings is 1. The molecule has 1 aliphatic rings. The number of hydrogen-bond acceptors (Lipinski definition) is 3. The Hall–Kier alpha value is -3.04. The van der Waals surface area contributed by atoms with Gasteiger partial charge in [-0.05, 0) is 19.1 Å². The van der Waals surface area contributed by atoms with Crippen molar-refractivity contribution >= 4 is 12.0 Å². The molecule has 1 aromatic carbocycles. The second kappa shape index (κ2) is 7.53. The molecule has 3 atom stereocenters. The number of rotatable bonds is 4. The number of carbonyl (C=O) groups excluding carboxylic acids is 1. The zero-order chi connectivity index (χ0) is 20.5. The predicted octanol–water partition coefficient (Wildman–Crippen LogP) is 2.84. The highest BCUT2D eigenvalue weighted by atomic mass is 19.4. The molecule has 10 heteroatoms. The van der Waals surface area contributed by atoms with Gasteiger partial charge in [0.15, 0.2) is 0 Å². The maximum absolute atomic E-state index is 13.1. The van der Waals surface area contributed by atoms with Gasteiger partial charge in [-0.25, -0.2) is 9.78 Å². The summed E-state index contributed by atoms with van der Waals surface area (Å²) in [5, 5.41) is 11.7. The van der Waals surface area contributed by atoms with Crippen LogP contribution in [0.2, 0.25) is 0 Å². The molecular formula is C18H19F3N4O3. The summed E-state index contributed by atoms with van der Waals surface area (Å²) >= 11 is 0. The van der Waals surface area contributed by atoms with Crippen LogP contribution in [-0.2, 0) is 4.79 Å². The predicted molar refractivity (Wildman–Crippen MR) is 92.8 cm³/mol. The average Bonchev–Trinajstić information content (AvgIpc) is 3.29. The molecule has 3 rings (SSSR count). The van der Waals surface area contributed by atoms with Crippen molar-refractivity contribution in [2.45, 2.75) is 19.1 Å². The van der Waals surface area contributed by atoms with E-state index in [0.717, 1.165) is 10.6 Å². The molecule has 1 aromatic heterocycles. The first-order valence-electron chi connectivity index (χ1n) is 8.62. The molecule has 2 aromatic rings. The van der Waals surface area contributed by atoms with Crippen LogP contribution in [0.15, 0.2) is 42.7 Å². The summed E-state index contributed by atoms with van der Waals surface area (Å²) in [4.78, 5) is 28.7. The Morgan fingerprint density at radius 2 is 1.93 bits per heavy atom. The summed E-state index contributed by atoms with van der Waals surface area (Å²) in [6, 6.07) is 7.89. The number of aliphatic carboxylic acids is 1. The Bertz CT molecular complexity index is 853. The van der Waals surface area contributed by atoms with E-state index in [4.69, 9.17) is 5.11 Å². The summed E-state index contributed by atoms with van der Waals surface area (Å²) in [7, 11) is 0. The van der Waals surface area contributed by atoms with Crippen LogP contribution < -0.4 is 5.32 Å². The highest BCUT2D eigenvalue weighted by molar-refractivity contribution is 5.78. The normalized spacial score (nSPS) is 20.8. The van der Waals surface area contributed by atoms with Crippen LogP contribution in [0.4, 0.5) is 18.0 Å². The molecule has 1 unspecified atom stereocenters. The van der Waals surface area contributed by atoms with E-state index in [-0.39, 0.29) is 0 Å². The second-order valence-corrected chi connectivity index (χ2v) is 6.66. The summed E-state index contributed by atoms with van der Waals surface area (Å²) in [5.41, 5.74) is 0.820. The van der Waals surface area contributed by atoms with E-state index in [1.54, 1.807) is 23.9 Å². The van der Waals surface area contributed by atoms with Gasteiger partial charge in [-0.2, -0.15) is 13.2 Å². The van der Waals surface area contributed by atoms with Crippen LogP contribution in [0.5, 0.6) is 0 Å². The van der Waals surface area contributed by atoms with Gasteiger partial charge >= 0.3 is 18.2 Å². The fraction of sp³-hybridized carbons (Fsp3) is 0.389. The molecule has 0 spiro atoms. The van der Waals surface area contributed by atoms with Gasteiger partial charge in [0.25, 0.3) is 0 Å². The zero-order valence-electron chi connectivity index (χ0n) is 14.9. The van der Waals surface area contributed by atoms with Crippen LogP contribution in [0.1, 0.15) is 18.8 Å². The molecule has 1 aliphatic heterocycles. The maximum Gasteiger partial charge on any atom is 0.394 e. The van der Waals surface area contributed by atoms with Crippen molar-refractivity contribution in [1.82, 2.24) is 19.8 Å². The van der Waals surface area contributed by atoms with E-state index in [1.807, 2.05) is 30.3 Å². The third kappa shape index (κ3) is 3.95. The monoisotopic (exact) mass is 396 g/mol. The van der Waals surface area contributed by atoms with Gasteiger partial charge in [-0.3, -0.25) is 4.79 Å². The summed E-state index contributed by atoms with van der Waals surface area (Å²) in [6.45, 7) is 0.475.